The summed E-state index contributed by atoms with van der Waals surface area (Å²) in [6, 6.07) is 16.3. The predicted octanol–water partition coefficient (Wildman–Crippen LogP) is 7.30. The summed E-state index contributed by atoms with van der Waals surface area (Å²) in [5.74, 6) is 0.971. The normalized spacial score (nSPS) is 12.2. The van der Waals surface area contributed by atoms with Crippen molar-refractivity contribution < 1.29 is 5.11 Å². The van der Waals surface area contributed by atoms with Crippen molar-refractivity contribution in [1.82, 2.24) is 0 Å². The SMILES string of the molecule is CCCCCCCCC(CC)c1ccc(O)c(-c2ccccc2)c1. The first kappa shape index (κ1) is 18.6. The second-order valence-electron chi connectivity index (χ2n) is 6.80. The summed E-state index contributed by atoms with van der Waals surface area (Å²) >= 11 is 0. The molecular weight excluding hydrogens is 292 g/mol. The third kappa shape index (κ3) is 5.40. The van der Waals surface area contributed by atoms with Gasteiger partial charge in [-0.2, -0.15) is 0 Å². The summed E-state index contributed by atoms with van der Waals surface area (Å²) in [5.41, 5.74) is 3.41. The van der Waals surface area contributed by atoms with E-state index in [4.69, 9.17) is 0 Å². The number of hydrogen-bond acceptors (Lipinski definition) is 1. The molecule has 130 valence electrons. The Bertz CT molecular complexity index is 588. The number of phenolic OH excluding ortho intramolecular Hbond substituents is 1. The predicted molar refractivity (Wildman–Crippen MR) is 105 cm³/mol. The summed E-state index contributed by atoms with van der Waals surface area (Å²) in [7, 11) is 0. The van der Waals surface area contributed by atoms with Gasteiger partial charge >= 0.3 is 0 Å². The molecule has 0 aliphatic heterocycles. The van der Waals surface area contributed by atoms with Crippen molar-refractivity contribution >= 4 is 0 Å². The molecule has 0 aromatic heterocycles. The third-order valence-corrected chi connectivity index (χ3v) is 4.98. The van der Waals surface area contributed by atoms with Crippen molar-refractivity contribution in [1.29, 1.82) is 0 Å². The zero-order valence-corrected chi connectivity index (χ0v) is 15.3. The largest absolute Gasteiger partial charge is 0.507 e. The van der Waals surface area contributed by atoms with Crippen LogP contribution in [0, 0.1) is 0 Å². The van der Waals surface area contributed by atoms with Crippen LogP contribution in [0.5, 0.6) is 5.75 Å². The van der Waals surface area contributed by atoms with Gasteiger partial charge in [-0.3, -0.25) is 0 Å². The molecular formula is C23H32O. The molecule has 0 amide bonds. The molecule has 2 aromatic rings. The Morgan fingerprint density at radius 3 is 2.25 bits per heavy atom. The van der Waals surface area contributed by atoms with Crippen LogP contribution in [-0.2, 0) is 0 Å². The van der Waals surface area contributed by atoms with E-state index in [0.29, 0.717) is 11.7 Å². The minimum Gasteiger partial charge on any atom is -0.507 e. The van der Waals surface area contributed by atoms with E-state index in [2.05, 4.69) is 38.1 Å². The molecule has 0 heterocycles. The van der Waals surface area contributed by atoms with Crippen LogP contribution in [0.15, 0.2) is 48.5 Å². The van der Waals surface area contributed by atoms with E-state index in [9.17, 15) is 5.11 Å². The lowest BCUT2D eigenvalue weighted by Gasteiger charge is -2.17. The Labute approximate surface area is 147 Å². The van der Waals surface area contributed by atoms with Crippen molar-refractivity contribution in [2.24, 2.45) is 0 Å². The van der Waals surface area contributed by atoms with Crippen LogP contribution in [0.25, 0.3) is 11.1 Å². The molecule has 2 aromatic carbocycles. The second-order valence-corrected chi connectivity index (χ2v) is 6.80. The molecule has 0 saturated heterocycles. The van der Waals surface area contributed by atoms with Gasteiger partial charge in [0.1, 0.15) is 5.75 Å². The number of rotatable bonds is 10. The lowest BCUT2D eigenvalue weighted by atomic mass is 9.88. The number of benzene rings is 2. The highest BCUT2D eigenvalue weighted by Crippen LogP contribution is 2.34. The van der Waals surface area contributed by atoms with E-state index in [1.807, 2.05) is 24.3 Å². The van der Waals surface area contributed by atoms with Crippen molar-refractivity contribution in [3.05, 3.63) is 54.1 Å². The molecule has 1 heteroatoms. The smallest absolute Gasteiger partial charge is 0.123 e. The molecule has 0 bridgehead atoms. The van der Waals surface area contributed by atoms with Gasteiger partial charge in [-0.1, -0.05) is 88.8 Å². The van der Waals surface area contributed by atoms with Gasteiger partial charge in [0.15, 0.2) is 0 Å². The highest BCUT2D eigenvalue weighted by molar-refractivity contribution is 5.70. The van der Waals surface area contributed by atoms with Gasteiger partial charge in [0, 0.05) is 5.56 Å². The van der Waals surface area contributed by atoms with Crippen LogP contribution in [-0.4, -0.2) is 5.11 Å². The molecule has 1 N–H and O–H groups in total. The van der Waals surface area contributed by atoms with Gasteiger partial charge in [0.05, 0.1) is 0 Å². The maximum Gasteiger partial charge on any atom is 0.123 e. The Morgan fingerprint density at radius 2 is 1.54 bits per heavy atom. The van der Waals surface area contributed by atoms with Crippen LogP contribution in [0.2, 0.25) is 0 Å². The van der Waals surface area contributed by atoms with Crippen LogP contribution in [0.3, 0.4) is 0 Å². The standard InChI is InChI=1S/C23H32O/c1-3-5-6-7-8-10-13-19(4-2)21-16-17-23(24)22(18-21)20-14-11-9-12-15-20/h9,11-12,14-19,24H,3-8,10,13H2,1-2H3. The van der Waals surface area contributed by atoms with E-state index in [-0.39, 0.29) is 0 Å². The van der Waals surface area contributed by atoms with E-state index in [1.165, 1.54) is 50.5 Å². The molecule has 1 nitrogen and oxygen atoms in total. The second kappa shape index (κ2) is 10.2. The number of aromatic hydroxyl groups is 1. The molecule has 24 heavy (non-hydrogen) atoms. The minimum atomic E-state index is 0.374. The van der Waals surface area contributed by atoms with Crippen molar-refractivity contribution in [2.45, 2.75) is 71.1 Å². The highest BCUT2D eigenvalue weighted by atomic mass is 16.3. The summed E-state index contributed by atoms with van der Waals surface area (Å²) in [6.07, 6.45) is 10.5. The Hall–Kier alpha value is -1.76. The lowest BCUT2D eigenvalue weighted by molar-refractivity contribution is 0.476. The first-order valence-corrected chi connectivity index (χ1v) is 9.64. The number of unbranched alkanes of at least 4 members (excludes halogenated alkanes) is 5. The molecule has 0 aliphatic carbocycles. The average molecular weight is 325 g/mol. The van der Waals surface area contributed by atoms with Gasteiger partial charge in [-0.25, -0.2) is 0 Å². The van der Waals surface area contributed by atoms with Crippen LogP contribution >= 0.6 is 0 Å². The Morgan fingerprint density at radius 1 is 0.833 bits per heavy atom. The van der Waals surface area contributed by atoms with Crippen LogP contribution in [0.4, 0.5) is 0 Å². The first-order chi connectivity index (χ1) is 11.8. The average Bonchev–Trinajstić information content (AvgIpc) is 2.63. The van der Waals surface area contributed by atoms with Crippen LogP contribution < -0.4 is 0 Å². The Balaban J connectivity index is 2.01. The zero-order valence-electron chi connectivity index (χ0n) is 15.3. The zero-order chi connectivity index (χ0) is 17.2. The fourth-order valence-electron chi connectivity index (χ4n) is 3.43. The van der Waals surface area contributed by atoms with E-state index < -0.39 is 0 Å². The van der Waals surface area contributed by atoms with Crippen molar-refractivity contribution in [3.8, 4) is 16.9 Å². The molecule has 1 unspecified atom stereocenters. The van der Waals surface area contributed by atoms with E-state index >= 15 is 0 Å². The van der Waals surface area contributed by atoms with Gasteiger partial charge in [-0.15, -0.1) is 0 Å². The van der Waals surface area contributed by atoms with E-state index in [0.717, 1.165) is 17.5 Å². The molecule has 0 radical (unpaired) electrons. The fourth-order valence-corrected chi connectivity index (χ4v) is 3.43. The maximum atomic E-state index is 10.2. The summed E-state index contributed by atoms with van der Waals surface area (Å²) in [4.78, 5) is 0. The topological polar surface area (TPSA) is 20.2 Å². The fraction of sp³-hybridized carbons (Fsp3) is 0.478. The lowest BCUT2D eigenvalue weighted by Crippen LogP contribution is -1.98. The highest BCUT2D eigenvalue weighted by Gasteiger charge is 2.12. The molecule has 1 atom stereocenters. The van der Waals surface area contributed by atoms with Crippen molar-refractivity contribution in [3.63, 3.8) is 0 Å². The van der Waals surface area contributed by atoms with Crippen LogP contribution in [0.1, 0.15) is 76.7 Å². The first-order valence-electron chi connectivity index (χ1n) is 9.64. The van der Waals surface area contributed by atoms with Gasteiger partial charge in [0.25, 0.3) is 0 Å². The third-order valence-electron chi connectivity index (χ3n) is 4.98. The minimum absolute atomic E-state index is 0.374. The molecule has 2 rings (SSSR count). The number of hydrogen-bond donors (Lipinski definition) is 1. The van der Waals surface area contributed by atoms with Gasteiger partial charge in [-0.05, 0) is 42.0 Å². The Kier molecular flexibility index (Phi) is 7.88. The van der Waals surface area contributed by atoms with Crippen molar-refractivity contribution in [2.75, 3.05) is 0 Å². The number of phenols is 1. The van der Waals surface area contributed by atoms with Gasteiger partial charge in [0.2, 0.25) is 0 Å². The molecule has 0 fully saturated rings. The summed E-state index contributed by atoms with van der Waals surface area (Å²) in [6.45, 7) is 4.54. The molecule has 0 spiro atoms. The monoisotopic (exact) mass is 324 g/mol. The molecule has 0 aliphatic rings. The quantitative estimate of drug-likeness (QED) is 0.454. The summed E-state index contributed by atoms with van der Waals surface area (Å²) in [5, 5.41) is 10.2. The van der Waals surface area contributed by atoms with Gasteiger partial charge < -0.3 is 5.11 Å². The summed E-state index contributed by atoms with van der Waals surface area (Å²) < 4.78 is 0. The maximum absolute atomic E-state index is 10.2. The van der Waals surface area contributed by atoms with E-state index in [1.54, 1.807) is 0 Å². The molecule has 0 saturated carbocycles.